The first kappa shape index (κ1) is 15.9. The Labute approximate surface area is 115 Å². The molecule has 2 atom stereocenters. The summed E-state index contributed by atoms with van der Waals surface area (Å²) >= 11 is 0. The van der Waals surface area contributed by atoms with Crippen LogP contribution in [0, 0.1) is 5.92 Å². The lowest BCUT2D eigenvalue weighted by atomic mass is 10.0. The van der Waals surface area contributed by atoms with E-state index in [0.29, 0.717) is 11.6 Å². The van der Waals surface area contributed by atoms with Crippen LogP contribution in [0.2, 0.25) is 0 Å². The minimum Gasteiger partial charge on any atom is -0.323 e. The van der Waals surface area contributed by atoms with Gasteiger partial charge in [0.2, 0.25) is 10.0 Å². The molecule has 4 N–H and O–H groups in total. The van der Waals surface area contributed by atoms with Crippen LogP contribution in [0.25, 0.3) is 0 Å². The summed E-state index contributed by atoms with van der Waals surface area (Å²) in [5.41, 5.74) is 2.80. The summed E-state index contributed by atoms with van der Waals surface area (Å²) in [6, 6.07) is 6.47. The molecule has 0 aromatic heterocycles. The topological polar surface area (TPSA) is 84.2 Å². The minimum atomic E-state index is -3.55. The lowest BCUT2D eigenvalue weighted by Crippen LogP contribution is -2.34. The molecule has 0 saturated carbocycles. The van der Waals surface area contributed by atoms with Crippen molar-refractivity contribution in [2.75, 3.05) is 5.43 Å². The van der Waals surface area contributed by atoms with Crippen molar-refractivity contribution in [3.8, 4) is 0 Å². The van der Waals surface area contributed by atoms with Gasteiger partial charge in [-0.15, -0.1) is 0 Å². The van der Waals surface area contributed by atoms with Gasteiger partial charge in [-0.05, 0) is 31.4 Å². The molecule has 0 amide bonds. The van der Waals surface area contributed by atoms with Crippen molar-refractivity contribution in [3.63, 3.8) is 0 Å². The number of hydrogen-bond acceptors (Lipinski definition) is 4. The van der Waals surface area contributed by atoms with E-state index < -0.39 is 10.0 Å². The van der Waals surface area contributed by atoms with Crippen LogP contribution in [0.15, 0.2) is 29.2 Å². The maximum absolute atomic E-state index is 12.3. The Balaban J connectivity index is 2.86. The number of hydrogen-bond donors (Lipinski definition) is 3. The average molecular weight is 285 g/mol. The molecule has 0 aliphatic rings. The molecule has 0 fully saturated rings. The fourth-order valence-electron chi connectivity index (χ4n) is 1.97. The Hall–Kier alpha value is -1.11. The van der Waals surface area contributed by atoms with Crippen LogP contribution in [0.3, 0.4) is 0 Å². The van der Waals surface area contributed by atoms with Gasteiger partial charge in [-0.25, -0.2) is 13.1 Å². The second-order valence-electron chi connectivity index (χ2n) is 4.91. The highest BCUT2D eigenvalue weighted by molar-refractivity contribution is 7.89. The molecule has 1 aromatic carbocycles. The van der Waals surface area contributed by atoms with Gasteiger partial charge in [-0.2, -0.15) is 0 Å². The van der Waals surface area contributed by atoms with Crippen molar-refractivity contribution in [3.05, 3.63) is 24.3 Å². The van der Waals surface area contributed by atoms with Crippen LogP contribution < -0.4 is 16.0 Å². The molecule has 2 unspecified atom stereocenters. The predicted molar refractivity (Wildman–Crippen MR) is 78.1 cm³/mol. The first-order valence-corrected chi connectivity index (χ1v) is 7.97. The van der Waals surface area contributed by atoms with E-state index in [1.54, 1.807) is 18.2 Å². The molecule has 1 aromatic rings. The Morgan fingerprint density at radius 3 is 2.47 bits per heavy atom. The first-order valence-electron chi connectivity index (χ1n) is 6.48. The standard InChI is InChI=1S/C13H23N3O2S/c1-4-10(2)9-11(3)16-19(17,18)13-8-6-5-7-12(13)15-14/h5-8,10-11,15-16H,4,9,14H2,1-3H3. The molecule has 0 radical (unpaired) electrons. The maximum Gasteiger partial charge on any atom is 0.242 e. The number of nitrogens with two attached hydrogens (primary N) is 1. The van der Waals surface area contributed by atoms with E-state index in [9.17, 15) is 8.42 Å². The number of benzene rings is 1. The highest BCUT2D eigenvalue weighted by atomic mass is 32.2. The van der Waals surface area contributed by atoms with Crippen LogP contribution in [0.4, 0.5) is 5.69 Å². The average Bonchev–Trinajstić information content (AvgIpc) is 2.37. The SMILES string of the molecule is CCC(C)CC(C)NS(=O)(=O)c1ccccc1NN. The second-order valence-corrected chi connectivity index (χ2v) is 6.59. The molecule has 108 valence electrons. The smallest absolute Gasteiger partial charge is 0.242 e. The zero-order chi connectivity index (χ0) is 14.5. The molecule has 0 heterocycles. The Kier molecular flexibility index (Phi) is 5.78. The van der Waals surface area contributed by atoms with Gasteiger partial charge in [0.05, 0.1) is 5.69 Å². The van der Waals surface area contributed by atoms with Gasteiger partial charge < -0.3 is 5.43 Å². The lowest BCUT2D eigenvalue weighted by Gasteiger charge is -2.18. The number of rotatable bonds is 7. The molecule has 5 nitrogen and oxygen atoms in total. The molecule has 0 aliphatic heterocycles. The molecule has 6 heteroatoms. The number of para-hydroxylation sites is 1. The fraction of sp³-hybridized carbons (Fsp3) is 0.538. The quantitative estimate of drug-likeness (QED) is 0.529. The Morgan fingerprint density at radius 2 is 1.89 bits per heavy atom. The van der Waals surface area contributed by atoms with Gasteiger partial charge >= 0.3 is 0 Å². The van der Waals surface area contributed by atoms with Crippen molar-refractivity contribution < 1.29 is 8.42 Å². The van der Waals surface area contributed by atoms with Crippen LogP contribution in [-0.2, 0) is 10.0 Å². The summed E-state index contributed by atoms with van der Waals surface area (Å²) in [5.74, 6) is 5.82. The zero-order valence-electron chi connectivity index (χ0n) is 11.7. The van der Waals surface area contributed by atoms with Crippen LogP contribution >= 0.6 is 0 Å². The van der Waals surface area contributed by atoms with Gasteiger partial charge in [0, 0.05) is 6.04 Å². The van der Waals surface area contributed by atoms with Crippen LogP contribution in [0.1, 0.15) is 33.6 Å². The summed E-state index contributed by atoms with van der Waals surface area (Å²) in [4.78, 5) is 0.175. The zero-order valence-corrected chi connectivity index (χ0v) is 12.5. The van der Waals surface area contributed by atoms with E-state index in [4.69, 9.17) is 5.84 Å². The lowest BCUT2D eigenvalue weighted by molar-refractivity contribution is 0.445. The second kappa shape index (κ2) is 6.88. The molecule has 1 rings (SSSR count). The van der Waals surface area contributed by atoms with E-state index in [1.807, 2.05) is 6.92 Å². The molecule has 0 aliphatic carbocycles. The summed E-state index contributed by atoms with van der Waals surface area (Å²) in [5, 5.41) is 0. The summed E-state index contributed by atoms with van der Waals surface area (Å²) in [6.45, 7) is 6.09. The normalized spacial score (nSPS) is 14.9. The maximum atomic E-state index is 12.3. The van der Waals surface area contributed by atoms with Gasteiger partial charge in [-0.1, -0.05) is 32.4 Å². The summed E-state index contributed by atoms with van der Waals surface area (Å²) in [6.07, 6.45) is 1.85. The number of anilines is 1. The van der Waals surface area contributed by atoms with Crippen molar-refractivity contribution in [2.24, 2.45) is 11.8 Å². The van der Waals surface area contributed by atoms with Gasteiger partial charge in [-0.3, -0.25) is 5.84 Å². The summed E-state index contributed by atoms with van der Waals surface area (Å²) < 4.78 is 27.3. The van der Waals surface area contributed by atoms with Crippen LogP contribution in [0.5, 0.6) is 0 Å². The Morgan fingerprint density at radius 1 is 1.26 bits per heavy atom. The van der Waals surface area contributed by atoms with E-state index in [2.05, 4.69) is 24.0 Å². The van der Waals surface area contributed by atoms with E-state index in [1.165, 1.54) is 6.07 Å². The number of nitrogens with one attached hydrogen (secondary N) is 2. The number of hydrazine groups is 1. The molecule has 0 spiro atoms. The van der Waals surface area contributed by atoms with Crippen molar-refractivity contribution in [2.45, 2.75) is 44.6 Å². The monoisotopic (exact) mass is 285 g/mol. The largest absolute Gasteiger partial charge is 0.323 e. The first-order chi connectivity index (χ1) is 8.90. The molecule has 19 heavy (non-hydrogen) atoms. The molecule has 0 bridgehead atoms. The highest BCUT2D eigenvalue weighted by Gasteiger charge is 2.21. The number of nitrogen functional groups attached to an aromatic ring is 1. The molecular weight excluding hydrogens is 262 g/mol. The third kappa shape index (κ3) is 4.49. The van der Waals surface area contributed by atoms with Gasteiger partial charge in [0.15, 0.2) is 0 Å². The third-order valence-corrected chi connectivity index (χ3v) is 4.79. The van der Waals surface area contributed by atoms with Crippen molar-refractivity contribution >= 4 is 15.7 Å². The van der Waals surface area contributed by atoms with Gasteiger partial charge in [0.1, 0.15) is 4.90 Å². The van der Waals surface area contributed by atoms with Crippen molar-refractivity contribution in [1.29, 1.82) is 0 Å². The third-order valence-electron chi connectivity index (χ3n) is 3.14. The van der Waals surface area contributed by atoms with E-state index in [-0.39, 0.29) is 10.9 Å². The fourth-order valence-corrected chi connectivity index (χ4v) is 3.39. The Bertz CT molecular complexity index is 502. The van der Waals surface area contributed by atoms with Crippen LogP contribution in [-0.4, -0.2) is 14.5 Å². The van der Waals surface area contributed by atoms with E-state index in [0.717, 1.165) is 12.8 Å². The molecular formula is C13H23N3O2S. The van der Waals surface area contributed by atoms with Crippen molar-refractivity contribution in [1.82, 2.24) is 4.72 Å². The minimum absolute atomic E-state index is 0.106. The number of sulfonamides is 1. The molecule has 0 saturated heterocycles. The van der Waals surface area contributed by atoms with E-state index >= 15 is 0 Å². The summed E-state index contributed by atoms with van der Waals surface area (Å²) in [7, 11) is -3.55. The highest BCUT2D eigenvalue weighted by Crippen LogP contribution is 2.20. The predicted octanol–water partition coefficient (Wildman–Crippen LogP) is 2.08. The van der Waals surface area contributed by atoms with Gasteiger partial charge in [0.25, 0.3) is 0 Å².